The van der Waals surface area contributed by atoms with E-state index in [1.807, 2.05) is 24.3 Å². The number of benzene rings is 1. The highest BCUT2D eigenvalue weighted by molar-refractivity contribution is 6.30. The minimum absolute atomic E-state index is 0.00497. The molecule has 1 aromatic rings. The lowest BCUT2D eigenvalue weighted by Crippen LogP contribution is -2.22. The van der Waals surface area contributed by atoms with Crippen LogP contribution in [0.2, 0.25) is 5.02 Å². The fraction of sp³-hybridized carbons (Fsp3) is 0.600. The van der Waals surface area contributed by atoms with Crippen LogP contribution in [0.25, 0.3) is 0 Å². The van der Waals surface area contributed by atoms with Gasteiger partial charge in [-0.3, -0.25) is 0 Å². The Labute approximate surface area is 114 Å². The van der Waals surface area contributed by atoms with Gasteiger partial charge in [-0.15, -0.1) is 0 Å². The monoisotopic (exact) mass is 267 g/mol. The first kappa shape index (κ1) is 13.9. The SMILES string of the molecule is NCC(OC1CCCCCC1)c1ccc(Cl)cc1. The predicted octanol–water partition coefficient (Wildman–Crippen LogP) is 4.08. The second-order valence-electron chi connectivity index (χ2n) is 5.03. The second kappa shape index (κ2) is 7.13. The maximum atomic E-state index is 6.18. The zero-order chi connectivity index (χ0) is 12.8. The highest BCUT2D eigenvalue weighted by Crippen LogP contribution is 2.26. The summed E-state index contributed by atoms with van der Waals surface area (Å²) in [5.74, 6) is 0. The van der Waals surface area contributed by atoms with Crippen molar-refractivity contribution in [2.75, 3.05) is 6.54 Å². The molecule has 2 rings (SSSR count). The van der Waals surface area contributed by atoms with E-state index in [1.165, 1.54) is 38.5 Å². The lowest BCUT2D eigenvalue weighted by Gasteiger charge is -2.23. The van der Waals surface area contributed by atoms with Crippen LogP contribution in [0.5, 0.6) is 0 Å². The molecule has 1 aliphatic carbocycles. The molecule has 0 amide bonds. The highest BCUT2D eigenvalue weighted by atomic mass is 35.5. The third-order valence-corrected chi connectivity index (χ3v) is 3.87. The van der Waals surface area contributed by atoms with E-state index < -0.39 is 0 Å². The first-order chi connectivity index (χ1) is 8.79. The van der Waals surface area contributed by atoms with E-state index >= 15 is 0 Å². The molecule has 1 atom stereocenters. The van der Waals surface area contributed by atoms with Gasteiger partial charge in [0.05, 0.1) is 12.2 Å². The van der Waals surface area contributed by atoms with Crippen LogP contribution in [0.3, 0.4) is 0 Å². The van der Waals surface area contributed by atoms with Gasteiger partial charge >= 0.3 is 0 Å². The highest BCUT2D eigenvalue weighted by Gasteiger charge is 2.18. The largest absolute Gasteiger partial charge is 0.369 e. The maximum absolute atomic E-state index is 6.18. The summed E-state index contributed by atoms with van der Waals surface area (Å²) in [5, 5.41) is 0.754. The second-order valence-corrected chi connectivity index (χ2v) is 5.46. The van der Waals surface area contributed by atoms with E-state index in [1.54, 1.807) is 0 Å². The molecule has 2 N–H and O–H groups in total. The van der Waals surface area contributed by atoms with Crippen LogP contribution in [0, 0.1) is 0 Å². The number of halogens is 1. The van der Waals surface area contributed by atoms with Gasteiger partial charge in [0, 0.05) is 11.6 Å². The fourth-order valence-electron chi connectivity index (χ4n) is 2.56. The first-order valence-electron chi connectivity index (χ1n) is 6.90. The van der Waals surface area contributed by atoms with Crippen LogP contribution >= 0.6 is 11.6 Å². The Kier molecular flexibility index (Phi) is 5.48. The zero-order valence-electron chi connectivity index (χ0n) is 10.8. The molecule has 0 aliphatic heterocycles. The normalized spacial score (nSPS) is 19.4. The van der Waals surface area contributed by atoms with Crippen LogP contribution in [0.4, 0.5) is 0 Å². The number of rotatable bonds is 4. The molecule has 0 saturated heterocycles. The lowest BCUT2D eigenvalue weighted by molar-refractivity contribution is -0.0160. The Morgan fingerprint density at radius 3 is 2.28 bits per heavy atom. The lowest BCUT2D eigenvalue weighted by atomic mass is 10.1. The minimum atomic E-state index is 0.00497. The Balaban J connectivity index is 1.97. The Morgan fingerprint density at radius 2 is 1.72 bits per heavy atom. The minimum Gasteiger partial charge on any atom is -0.369 e. The van der Waals surface area contributed by atoms with Gasteiger partial charge < -0.3 is 10.5 Å². The quantitative estimate of drug-likeness (QED) is 0.835. The van der Waals surface area contributed by atoms with E-state index in [9.17, 15) is 0 Å². The van der Waals surface area contributed by atoms with Crippen molar-refractivity contribution in [3.05, 3.63) is 34.9 Å². The fourth-order valence-corrected chi connectivity index (χ4v) is 2.68. The molecule has 1 aliphatic rings. The van der Waals surface area contributed by atoms with Crippen molar-refractivity contribution in [2.24, 2.45) is 5.73 Å². The molecule has 3 heteroatoms. The van der Waals surface area contributed by atoms with Crippen LogP contribution in [0.15, 0.2) is 24.3 Å². The summed E-state index contributed by atoms with van der Waals surface area (Å²) in [6.45, 7) is 0.526. The number of hydrogen-bond donors (Lipinski definition) is 1. The van der Waals surface area contributed by atoms with Gasteiger partial charge in [0.15, 0.2) is 0 Å². The van der Waals surface area contributed by atoms with Gasteiger partial charge in [-0.25, -0.2) is 0 Å². The van der Waals surface area contributed by atoms with Gasteiger partial charge in [-0.05, 0) is 30.5 Å². The van der Waals surface area contributed by atoms with Crippen LogP contribution in [-0.2, 0) is 4.74 Å². The topological polar surface area (TPSA) is 35.2 Å². The van der Waals surface area contributed by atoms with Crippen molar-refractivity contribution in [3.63, 3.8) is 0 Å². The van der Waals surface area contributed by atoms with E-state index in [4.69, 9.17) is 22.1 Å². The Bertz CT molecular complexity index is 344. The Morgan fingerprint density at radius 1 is 1.11 bits per heavy atom. The molecular formula is C15H22ClNO. The van der Waals surface area contributed by atoms with Gasteiger partial charge in [0.1, 0.15) is 0 Å². The van der Waals surface area contributed by atoms with Crippen molar-refractivity contribution in [3.8, 4) is 0 Å². The summed E-state index contributed by atoms with van der Waals surface area (Å²) in [6.07, 6.45) is 7.96. The smallest absolute Gasteiger partial charge is 0.0950 e. The first-order valence-corrected chi connectivity index (χ1v) is 7.28. The molecule has 1 saturated carbocycles. The van der Waals surface area contributed by atoms with Gasteiger partial charge in [-0.1, -0.05) is 49.4 Å². The average molecular weight is 268 g/mol. The molecule has 1 fully saturated rings. The number of nitrogens with two attached hydrogens (primary N) is 1. The molecule has 18 heavy (non-hydrogen) atoms. The summed E-state index contributed by atoms with van der Waals surface area (Å²) < 4.78 is 6.18. The maximum Gasteiger partial charge on any atom is 0.0950 e. The van der Waals surface area contributed by atoms with Crippen LogP contribution in [0.1, 0.15) is 50.2 Å². The molecule has 0 bridgehead atoms. The van der Waals surface area contributed by atoms with Gasteiger partial charge in [0.25, 0.3) is 0 Å². The molecule has 0 radical (unpaired) electrons. The summed E-state index contributed by atoms with van der Waals surface area (Å²) in [5.41, 5.74) is 6.97. The summed E-state index contributed by atoms with van der Waals surface area (Å²) in [7, 11) is 0. The molecule has 2 nitrogen and oxygen atoms in total. The van der Waals surface area contributed by atoms with E-state index in [0.717, 1.165) is 10.6 Å². The standard InChI is InChI=1S/C15H22ClNO/c16-13-9-7-12(8-10-13)15(11-17)18-14-5-3-1-2-4-6-14/h7-10,14-15H,1-6,11,17H2. The van der Waals surface area contributed by atoms with E-state index in [-0.39, 0.29) is 6.10 Å². The van der Waals surface area contributed by atoms with Crippen molar-refractivity contribution >= 4 is 11.6 Å². The summed E-state index contributed by atoms with van der Waals surface area (Å²) in [4.78, 5) is 0. The molecule has 0 spiro atoms. The summed E-state index contributed by atoms with van der Waals surface area (Å²) >= 11 is 5.90. The van der Waals surface area contributed by atoms with Crippen LogP contribution < -0.4 is 5.73 Å². The number of hydrogen-bond acceptors (Lipinski definition) is 2. The molecule has 0 heterocycles. The van der Waals surface area contributed by atoms with Gasteiger partial charge in [0.2, 0.25) is 0 Å². The number of ether oxygens (including phenoxy) is 1. The third-order valence-electron chi connectivity index (χ3n) is 3.61. The average Bonchev–Trinajstić information content (AvgIpc) is 2.66. The predicted molar refractivity (Wildman–Crippen MR) is 75.8 cm³/mol. The van der Waals surface area contributed by atoms with Gasteiger partial charge in [-0.2, -0.15) is 0 Å². The van der Waals surface area contributed by atoms with Crippen molar-refractivity contribution in [2.45, 2.75) is 50.7 Å². The Hall–Kier alpha value is -0.570. The third kappa shape index (κ3) is 3.98. The molecular weight excluding hydrogens is 246 g/mol. The van der Waals surface area contributed by atoms with E-state index in [2.05, 4.69) is 0 Å². The zero-order valence-corrected chi connectivity index (χ0v) is 11.5. The summed E-state index contributed by atoms with van der Waals surface area (Å²) in [6, 6.07) is 7.82. The molecule has 0 aromatic heterocycles. The van der Waals surface area contributed by atoms with Crippen LogP contribution in [-0.4, -0.2) is 12.6 Å². The van der Waals surface area contributed by atoms with Crippen molar-refractivity contribution in [1.82, 2.24) is 0 Å². The molecule has 1 unspecified atom stereocenters. The molecule has 100 valence electrons. The molecule has 1 aromatic carbocycles. The van der Waals surface area contributed by atoms with Crippen molar-refractivity contribution < 1.29 is 4.74 Å². The van der Waals surface area contributed by atoms with E-state index in [0.29, 0.717) is 12.6 Å². The van der Waals surface area contributed by atoms with Crippen molar-refractivity contribution in [1.29, 1.82) is 0 Å².